The zero-order valence-corrected chi connectivity index (χ0v) is 15.9. The summed E-state index contributed by atoms with van der Waals surface area (Å²) in [7, 11) is 1.65. The summed E-state index contributed by atoms with van der Waals surface area (Å²) < 4.78 is 5.18. The van der Waals surface area contributed by atoms with Crippen LogP contribution in [0.2, 0.25) is 0 Å². The van der Waals surface area contributed by atoms with E-state index in [0.29, 0.717) is 29.2 Å². The summed E-state index contributed by atoms with van der Waals surface area (Å²) in [6.07, 6.45) is 2.07. The second-order valence-electron chi connectivity index (χ2n) is 6.42. The number of aromatic nitrogens is 3. The van der Waals surface area contributed by atoms with Crippen LogP contribution in [-0.2, 0) is 6.54 Å². The molecule has 0 atom stereocenters. The van der Waals surface area contributed by atoms with Gasteiger partial charge in [0.1, 0.15) is 17.0 Å². The lowest BCUT2D eigenvalue weighted by Gasteiger charge is -2.12. The van der Waals surface area contributed by atoms with Crippen molar-refractivity contribution in [2.24, 2.45) is 0 Å². The number of ether oxygens (including phenoxy) is 1. The Morgan fingerprint density at radius 2 is 1.93 bits per heavy atom. The Morgan fingerprint density at radius 3 is 2.63 bits per heavy atom. The van der Waals surface area contributed by atoms with Gasteiger partial charge in [0.05, 0.1) is 12.6 Å². The van der Waals surface area contributed by atoms with Crippen molar-refractivity contribution in [3.8, 4) is 5.75 Å². The number of nitrogens with zero attached hydrogens (tertiary/aromatic N) is 2. The molecule has 1 aromatic carbocycles. The first-order valence-corrected chi connectivity index (χ1v) is 9.13. The second kappa shape index (κ2) is 8.53. The van der Waals surface area contributed by atoms with Gasteiger partial charge < -0.3 is 20.4 Å². The maximum absolute atomic E-state index is 12.4. The molecule has 0 saturated carbocycles. The molecule has 3 aromatic rings. The third-order valence-corrected chi connectivity index (χ3v) is 4.26. The summed E-state index contributed by atoms with van der Waals surface area (Å²) in [6, 6.07) is 9.67. The fraction of sp³-hybridized carbons (Fsp3) is 0.350. The number of benzene rings is 1. The van der Waals surface area contributed by atoms with Crippen LogP contribution in [0.25, 0.3) is 10.9 Å². The predicted molar refractivity (Wildman–Crippen MR) is 109 cm³/mol. The number of aryl methyl sites for hydroxylation is 1. The Hall–Kier alpha value is -3.09. The second-order valence-corrected chi connectivity index (χ2v) is 6.42. The van der Waals surface area contributed by atoms with Crippen LogP contribution in [0.1, 0.15) is 31.0 Å². The van der Waals surface area contributed by atoms with E-state index < -0.39 is 0 Å². The first-order chi connectivity index (χ1) is 13.1. The number of hydrogen-bond acceptors (Lipinski definition) is 6. The third kappa shape index (κ3) is 4.55. The average Bonchev–Trinajstić information content (AvgIpc) is 2.66. The minimum atomic E-state index is -0.175. The number of fused-ring (bicyclic) bond motifs is 1. The van der Waals surface area contributed by atoms with E-state index in [9.17, 15) is 4.79 Å². The van der Waals surface area contributed by atoms with Crippen molar-refractivity contribution in [3.05, 3.63) is 51.9 Å². The average molecular weight is 367 g/mol. The van der Waals surface area contributed by atoms with Crippen LogP contribution in [0.5, 0.6) is 5.75 Å². The molecule has 0 aliphatic carbocycles. The first kappa shape index (κ1) is 18.7. The summed E-state index contributed by atoms with van der Waals surface area (Å²) in [4.78, 5) is 24.3. The number of unbranched alkanes of at least 4 members (excludes halogenated alkanes) is 1. The molecule has 0 amide bonds. The molecule has 0 radical (unpaired) electrons. The molecule has 0 aliphatic heterocycles. The van der Waals surface area contributed by atoms with Crippen molar-refractivity contribution in [1.82, 2.24) is 15.0 Å². The Balaban J connectivity index is 1.88. The highest BCUT2D eigenvalue weighted by Crippen LogP contribution is 2.20. The van der Waals surface area contributed by atoms with E-state index in [0.717, 1.165) is 36.4 Å². The molecular weight excluding hydrogens is 342 g/mol. The molecule has 7 heteroatoms. The smallest absolute Gasteiger partial charge is 0.261 e. The number of H-pyrrole nitrogens is 1. The number of hydrogen-bond donors (Lipinski definition) is 3. The van der Waals surface area contributed by atoms with E-state index in [1.165, 1.54) is 0 Å². The van der Waals surface area contributed by atoms with Crippen LogP contribution in [0, 0.1) is 6.92 Å². The Labute approximate surface area is 158 Å². The fourth-order valence-corrected chi connectivity index (χ4v) is 2.80. The molecule has 27 heavy (non-hydrogen) atoms. The molecule has 0 unspecified atom stereocenters. The summed E-state index contributed by atoms with van der Waals surface area (Å²) >= 11 is 0. The van der Waals surface area contributed by atoms with Gasteiger partial charge >= 0.3 is 0 Å². The third-order valence-electron chi connectivity index (χ3n) is 4.26. The van der Waals surface area contributed by atoms with Crippen molar-refractivity contribution < 1.29 is 4.74 Å². The lowest BCUT2D eigenvalue weighted by atomic mass is 10.2. The molecule has 3 N–H and O–H groups in total. The van der Waals surface area contributed by atoms with Crippen molar-refractivity contribution in [2.75, 3.05) is 24.3 Å². The van der Waals surface area contributed by atoms with Crippen molar-refractivity contribution >= 4 is 22.7 Å². The molecule has 2 heterocycles. The summed E-state index contributed by atoms with van der Waals surface area (Å²) in [5.41, 5.74) is 2.31. The van der Waals surface area contributed by atoms with Gasteiger partial charge in [0.2, 0.25) is 5.95 Å². The maximum Gasteiger partial charge on any atom is 0.261 e. The zero-order valence-electron chi connectivity index (χ0n) is 15.9. The van der Waals surface area contributed by atoms with Crippen LogP contribution < -0.4 is 20.9 Å². The normalized spacial score (nSPS) is 10.8. The predicted octanol–water partition coefficient (Wildman–Crippen LogP) is 3.46. The standard InChI is InChI=1S/C20H25N5O2/c1-4-5-10-21-18-17-16(11-13(2)23-19(17)26)24-20(25-18)22-12-14-6-8-15(27-3)9-7-14/h6-9,11H,4-5,10,12H2,1-3H3,(H,23,26)(H2,21,22,24,25). The molecule has 0 fully saturated rings. The number of aromatic amines is 1. The quantitative estimate of drug-likeness (QED) is 0.528. The molecule has 0 bridgehead atoms. The van der Waals surface area contributed by atoms with Gasteiger partial charge in [-0.15, -0.1) is 0 Å². The van der Waals surface area contributed by atoms with E-state index in [1.807, 2.05) is 37.3 Å². The van der Waals surface area contributed by atoms with Crippen molar-refractivity contribution in [2.45, 2.75) is 33.2 Å². The highest BCUT2D eigenvalue weighted by atomic mass is 16.5. The minimum Gasteiger partial charge on any atom is -0.497 e. The van der Waals surface area contributed by atoms with Gasteiger partial charge in [0.25, 0.3) is 5.56 Å². The van der Waals surface area contributed by atoms with Gasteiger partial charge in [-0.2, -0.15) is 4.98 Å². The highest BCUT2D eigenvalue weighted by Gasteiger charge is 2.12. The first-order valence-electron chi connectivity index (χ1n) is 9.13. The van der Waals surface area contributed by atoms with Crippen molar-refractivity contribution in [3.63, 3.8) is 0 Å². The van der Waals surface area contributed by atoms with Gasteiger partial charge in [0.15, 0.2) is 0 Å². The number of rotatable bonds is 8. The number of anilines is 2. The lowest BCUT2D eigenvalue weighted by molar-refractivity contribution is 0.414. The van der Waals surface area contributed by atoms with E-state index >= 15 is 0 Å². The van der Waals surface area contributed by atoms with Crippen LogP contribution >= 0.6 is 0 Å². The van der Waals surface area contributed by atoms with Gasteiger partial charge in [0, 0.05) is 18.8 Å². The summed E-state index contributed by atoms with van der Waals surface area (Å²) in [5, 5.41) is 7.01. The SMILES string of the molecule is CCCCNc1nc(NCc2ccc(OC)cc2)nc2cc(C)[nH]c(=O)c12. The molecule has 0 saturated heterocycles. The Morgan fingerprint density at radius 1 is 1.15 bits per heavy atom. The highest BCUT2D eigenvalue weighted by molar-refractivity contribution is 5.89. The molecule has 7 nitrogen and oxygen atoms in total. The number of methoxy groups -OCH3 is 1. The summed E-state index contributed by atoms with van der Waals surface area (Å²) in [6.45, 7) is 5.30. The summed E-state index contributed by atoms with van der Waals surface area (Å²) in [5.74, 6) is 1.87. The molecule has 2 aromatic heterocycles. The lowest BCUT2D eigenvalue weighted by Crippen LogP contribution is -2.15. The number of nitrogens with one attached hydrogen (secondary N) is 3. The molecule has 0 aliphatic rings. The van der Waals surface area contributed by atoms with E-state index in [1.54, 1.807) is 7.11 Å². The van der Waals surface area contributed by atoms with Gasteiger partial charge in [-0.05, 0) is 37.1 Å². The molecule has 0 spiro atoms. The van der Waals surface area contributed by atoms with E-state index in [4.69, 9.17) is 4.74 Å². The van der Waals surface area contributed by atoms with Crippen LogP contribution in [-0.4, -0.2) is 28.6 Å². The minimum absolute atomic E-state index is 0.175. The van der Waals surface area contributed by atoms with Gasteiger partial charge in [-0.3, -0.25) is 4.79 Å². The van der Waals surface area contributed by atoms with Crippen molar-refractivity contribution in [1.29, 1.82) is 0 Å². The van der Waals surface area contributed by atoms with Gasteiger partial charge in [-0.25, -0.2) is 4.98 Å². The Bertz CT molecular complexity index is 967. The van der Waals surface area contributed by atoms with Crippen LogP contribution in [0.4, 0.5) is 11.8 Å². The van der Waals surface area contributed by atoms with Crippen LogP contribution in [0.3, 0.4) is 0 Å². The van der Waals surface area contributed by atoms with Crippen LogP contribution in [0.15, 0.2) is 35.1 Å². The molecular formula is C20H25N5O2. The monoisotopic (exact) mass is 367 g/mol. The number of pyridine rings is 1. The molecule has 3 rings (SSSR count). The van der Waals surface area contributed by atoms with E-state index in [2.05, 4.69) is 32.5 Å². The largest absolute Gasteiger partial charge is 0.497 e. The fourth-order valence-electron chi connectivity index (χ4n) is 2.80. The maximum atomic E-state index is 12.4. The van der Waals surface area contributed by atoms with Gasteiger partial charge in [-0.1, -0.05) is 25.5 Å². The Kier molecular flexibility index (Phi) is 5.90. The zero-order chi connectivity index (χ0) is 19.2. The molecule has 142 valence electrons. The van der Waals surface area contributed by atoms with E-state index in [-0.39, 0.29) is 5.56 Å². The topological polar surface area (TPSA) is 91.9 Å².